The Bertz CT molecular complexity index is 980. The van der Waals surface area contributed by atoms with Crippen LogP contribution in [0.3, 0.4) is 0 Å². The van der Waals surface area contributed by atoms with Gasteiger partial charge < -0.3 is 19.9 Å². The first-order valence-electron chi connectivity index (χ1n) is 10.4. The van der Waals surface area contributed by atoms with Crippen molar-refractivity contribution in [1.82, 2.24) is 20.2 Å². The van der Waals surface area contributed by atoms with Gasteiger partial charge >= 0.3 is 6.09 Å². The zero-order valence-electron chi connectivity index (χ0n) is 17.4. The van der Waals surface area contributed by atoms with Crippen LogP contribution in [0.15, 0.2) is 30.3 Å². The lowest BCUT2D eigenvalue weighted by molar-refractivity contribution is 0.0709. The summed E-state index contributed by atoms with van der Waals surface area (Å²) in [6, 6.07) is 11.5. The van der Waals surface area contributed by atoms with Gasteiger partial charge in [-0.15, -0.1) is 0 Å². The molecule has 1 aromatic heterocycles. The largest absolute Gasteiger partial charge is 0.445 e. The lowest BCUT2D eigenvalue weighted by Crippen LogP contribution is -2.59. The number of hydrogen-bond acceptors (Lipinski definition) is 7. The second kappa shape index (κ2) is 9.50. The van der Waals surface area contributed by atoms with Crippen LogP contribution in [0.4, 0.5) is 10.6 Å². The molecule has 2 atom stereocenters. The number of nitrogens with zero attached hydrogens (tertiary/aromatic N) is 5. The number of nitriles is 1. The average molecular weight is 441 g/mol. The number of fused-ring (bicyclic) bond motifs is 1. The Morgan fingerprint density at radius 1 is 1.32 bits per heavy atom. The van der Waals surface area contributed by atoms with Crippen LogP contribution in [-0.4, -0.2) is 52.7 Å². The summed E-state index contributed by atoms with van der Waals surface area (Å²) in [4.78, 5) is 25.6. The number of nitrogens with one attached hydrogen (secondary N) is 1. The number of carbonyl (C=O) groups excluding carboxylic acids is 1. The molecule has 0 spiro atoms. The lowest BCUT2D eigenvalue weighted by atomic mass is 10.0. The third-order valence-electron chi connectivity index (χ3n) is 5.77. The summed E-state index contributed by atoms with van der Waals surface area (Å²) in [5.41, 5.74) is 2.93. The lowest BCUT2D eigenvalue weighted by Gasteiger charge is -2.45. The Morgan fingerprint density at radius 3 is 2.90 bits per heavy atom. The van der Waals surface area contributed by atoms with E-state index in [9.17, 15) is 10.1 Å². The third-order valence-corrected chi connectivity index (χ3v) is 5.94. The van der Waals surface area contributed by atoms with Gasteiger partial charge in [0.2, 0.25) is 5.28 Å². The van der Waals surface area contributed by atoms with Gasteiger partial charge in [-0.2, -0.15) is 5.26 Å². The van der Waals surface area contributed by atoms with Gasteiger partial charge in [0, 0.05) is 31.2 Å². The van der Waals surface area contributed by atoms with Crippen LogP contribution in [-0.2, 0) is 24.3 Å². The summed E-state index contributed by atoms with van der Waals surface area (Å²) in [5, 5.41) is 12.9. The average Bonchev–Trinajstić information content (AvgIpc) is 2.78. The van der Waals surface area contributed by atoms with Crippen LogP contribution in [0, 0.1) is 11.3 Å². The predicted molar refractivity (Wildman–Crippen MR) is 117 cm³/mol. The highest BCUT2D eigenvalue weighted by Gasteiger charge is 2.37. The van der Waals surface area contributed by atoms with Crippen LogP contribution in [0.5, 0.6) is 0 Å². The Labute approximate surface area is 186 Å². The minimum absolute atomic E-state index is 0.0100. The molecule has 4 rings (SSSR count). The molecule has 162 valence electrons. The van der Waals surface area contributed by atoms with Crippen molar-refractivity contribution in [2.75, 3.05) is 24.5 Å². The number of carbonyl (C=O) groups is 1. The van der Waals surface area contributed by atoms with Gasteiger partial charge in [0.05, 0.1) is 24.2 Å². The first kappa shape index (κ1) is 21.3. The number of halogens is 1. The van der Waals surface area contributed by atoms with Crippen molar-refractivity contribution >= 4 is 23.5 Å². The van der Waals surface area contributed by atoms with E-state index in [1.54, 1.807) is 4.90 Å². The fraction of sp³-hybridized carbons (Fsp3) is 0.455. The molecule has 0 radical (unpaired) electrons. The van der Waals surface area contributed by atoms with E-state index in [1.807, 2.05) is 37.3 Å². The van der Waals surface area contributed by atoms with E-state index < -0.39 is 6.09 Å². The number of piperazine rings is 1. The molecule has 0 bridgehead atoms. The monoisotopic (exact) mass is 440 g/mol. The molecule has 2 aliphatic rings. The molecule has 2 aliphatic heterocycles. The summed E-state index contributed by atoms with van der Waals surface area (Å²) in [7, 11) is 0. The van der Waals surface area contributed by atoms with Crippen LogP contribution < -0.4 is 10.2 Å². The molecular weight excluding hydrogens is 416 g/mol. The Hall–Kier alpha value is -2.89. The first-order chi connectivity index (χ1) is 15.1. The van der Waals surface area contributed by atoms with Gasteiger partial charge in [0.15, 0.2) is 0 Å². The molecule has 3 heterocycles. The number of amides is 1. The van der Waals surface area contributed by atoms with E-state index in [0.29, 0.717) is 19.6 Å². The van der Waals surface area contributed by atoms with Gasteiger partial charge in [-0.05, 0) is 37.1 Å². The van der Waals surface area contributed by atoms with Gasteiger partial charge in [0.25, 0.3) is 0 Å². The molecule has 1 N–H and O–H groups in total. The van der Waals surface area contributed by atoms with Crippen molar-refractivity contribution in [3.8, 4) is 6.07 Å². The highest BCUT2D eigenvalue weighted by molar-refractivity contribution is 6.28. The summed E-state index contributed by atoms with van der Waals surface area (Å²) < 4.78 is 5.55. The highest BCUT2D eigenvalue weighted by atomic mass is 35.5. The molecule has 2 aromatic rings. The topological polar surface area (TPSA) is 94.4 Å². The number of aromatic nitrogens is 2. The number of benzene rings is 1. The van der Waals surface area contributed by atoms with E-state index >= 15 is 0 Å². The molecule has 1 saturated heterocycles. The van der Waals surface area contributed by atoms with E-state index in [0.717, 1.165) is 35.6 Å². The predicted octanol–water partition coefficient (Wildman–Crippen LogP) is 2.91. The summed E-state index contributed by atoms with van der Waals surface area (Å²) in [5.74, 6) is 0.809. The van der Waals surface area contributed by atoms with Crippen LogP contribution in [0.25, 0.3) is 0 Å². The van der Waals surface area contributed by atoms with Crippen molar-refractivity contribution < 1.29 is 9.53 Å². The molecule has 0 aliphatic carbocycles. The maximum Gasteiger partial charge on any atom is 0.410 e. The third kappa shape index (κ3) is 4.73. The van der Waals surface area contributed by atoms with Gasteiger partial charge in [0.1, 0.15) is 12.4 Å². The van der Waals surface area contributed by atoms with Crippen molar-refractivity contribution in [2.45, 2.75) is 45.0 Å². The highest BCUT2D eigenvalue weighted by Crippen LogP contribution is 2.30. The molecule has 2 unspecified atom stereocenters. The van der Waals surface area contributed by atoms with Crippen LogP contribution >= 0.6 is 11.6 Å². The van der Waals surface area contributed by atoms with Crippen molar-refractivity contribution in [3.63, 3.8) is 0 Å². The van der Waals surface area contributed by atoms with E-state index in [1.165, 1.54) is 0 Å². The Morgan fingerprint density at radius 2 is 2.13 bits per heavy atom. The van der Waals surface area contributed by atoms with Crippen LogP contribution in [0.2, 0.25) is 5.28 Å². The minimum Gasteiger partial charge on any atom is -0.445 e. The molecule has 8 nitrogen and oxygen atoms in total. The summed E-state index contributed by atoms with van der Waals surface area (Å²) in [6.45, 7) is 4.69. The van der Waals surface area contributed by atoms with Crippen molar-refractivity contribution in [3.05, 3.63) is 52.4 Å². The van der Waals surface area contributed by atoms with Gasteiger partial charge in [-0.1, -0.05) is 30.3 Å². The molecule has 1 aromatic carbocycles. The molecule has 9 heteroatoms. The number of hydrogen-bond donors (Lipinski definition) is 1. The Kier molecular flexibility index (Phi) is 6.54. The number of rotatable bonds is 4. The van der Waals surface area contributed by atoms with Crippen LogP contribution in [0.1, 0.15) is 30.2 Å². The molecule has 0 saturated carbocycles. The van der Waals surface area contributed by atoms with Gasteiger partial charge in [-0.3, -0.25) is 0 Å². The molecular formula is C22H25ClN6O2. The fourth-order valence-electron chi connectivity index (χ4n) is 4.19. The first-order valence-corrected chi connectivity index (χ1v) is 10.8. The smallest absolute Gasteiger partial charge is 0.410 e. The normalized spacial score (nSPS) is 20.7. The molecule has 1 amide bonds. The Balaban J connectivity index is 1.53. The number of ether oxygens (including phenoxy) is 1. The summed E-state index contributed by atoms with van der Waals surface area (Å²) >= 11 is 6.21. The zero-order valence-corrected chi connectivity index (χ0v) is 18.2. The maximum atomic E-state index is 12.9. The van der Waals surface area contributed by atoms with E-state index in [4.69, 9.17) is 16.3 Å². The van der Waals surface area contributed by atoms with Crippen molar-refractivity contribution in [1.29, 1.82) is 5.26 Å². The summed E-state index contributed by atoms with van der Waals surface area (Å²) in [6.07, 6.45) is 0.630. The molecule has 1 fully saturated rings. The molecule has 31 heavy (non-hydrogen) atoms. The second-order valence-electron chi connectivity index (χ2n) is 7.88. The standard InChI is InChI=1S/C22H25ClN6O2/c1-15-12-29(22(30)31-14-16-5-3-2-4-6-16)17(7-9-24)13-28(15)20-18-8-10-25-11-19(18)26-21(23)27-20/h2-6,15,17,25H,7-8,10-14H2,1H3. The van der Waals surface area contributed by atoms with Crippen molar-refractivity contribution in [2.24, 2.45) is 0 Å². The SMILES string of the molecule is CC1CN(C(=O)OCc2ccccc2)C(CC#N)CN1c1nc(Cl)nc2c1CCNC2. The van der Waals surface area contributed by atoms with E-state index in [-0.39, 0.29) is 30.4 Å². The number of anilines is 1. The fourth-order valence-corrected chi connectivity index (χ4v) is 4.37. The quantitative estimate of drug-likeness (QED) is 0.730. The minimum atomic E-state index is -0.400. The maximum absolute atomic E-state index is 12.9. The zero-order chi connectivity index (χ0) is 21.8. The van der Waals surface area contributed by atoms with Gasteiger partial charge in [-0.25, -0.2) is 14.8 Å². The van der Waals surface area contributed by atoms with E-state index in [2.05, 4.69) is 26.3 Å². The second-order valence-corrected chi connectivity index (χ2v) is 8.22.